The predicted octanol–water partition coefficient (Wildman–Crippen LogP) is 6.18. The summed E-state index contributed by atoms with van der Waals surface area (Å²) in [5, 5.41) is 0. The van der Waals surface area contributed by atoms with E-state index in [1.54, 1.807) is 0 Å². The van der Waals surface area contributed by atoms with Crippen molar-refractivity contribution in [3.05, 3.63) is 12.2 Å². The molecular weight excluding hydrogens is 292 g/mol. The van der Waals surface area contributed by atoms with E-state index in [0.29, 0.717) is 16.6 Å². The van der Waals surface area contributed by atoms with Crippen LogP contribution in [0, 0.1) is 40.4 Å². The van der Waals surface area contributed by atoms with Crippen molar-refractivity contribution >= 4 is 5.78 Å². The first-order valence-electron chi connectivity index (χ1n) is 10.5. The zero-order chi connectivity index (χ0) is 17.1. The molecule has 134 valence electrons. The van der Waals surface area contributed by atoms with E-state index in [2.05, 4.69) is 27.4 Å². The van der Waals surface area contributed by atoms with Crippen molar-refractivity contribution in [1.29, 1.82) is 0 Å². The fourth-order valence-corrected chi connectivity index (χ4v) is 8.08. The number of hydrogen-bond donors (Lipinski definition) is 0. The third kappa shape index (κ3) is 2.29. The smallest absolute Gasteiger partial charge is 0.132 e. The maximum absolute atomic E-state index is 12.1. The Kier molecular flexibility index (Phi) is 4.01. The van der Waals surface area contributed by atoms with E-state index in [9.17, 15) is 4.79 Å². The second-order valence-corrected chi connectivity index (χ2v) is 10.3. The van der Waals surface area contributed by atoms with E-state index >= 15 is 0 Å². The Labute approximate surface area is 148 Å². The summed E-state index contributed by atoms with van der Waals surface area (Å²) in [7, 11) is 0. The molecule has 0 aromatic rings. The number of fused-ring (bicyclic) bond motifs is 5. The Morgan fingerprint density at radius 3 is 2.42 bits per heavy atom. The topological polar surface area (TPSA) is 17.1 Å². The summed E-state index contributed by atoms with van der Waals surface area (Å²) in [6.07, 6.45) is 12.5. The van der Waals surface area contributed by atoms with Crippen molar-refractivity contribution in [2.45, 2.75) is 85.0 Å². The van der Waals surface area contributed by atoms with E-state index in [1.807, 2.05) is 0 Å². The highest BCUT2D eigenvalue weighted by molar-refractivity contribution is 5.78. The molecule has 1 nitrogen and oxygen atoms in total. The fraction of sp³-hybridized carbons (Fsp3) is 0.870. The van der Waals surface area contributed by atoms with Crippen LogP contribution in [0.2, 0.25) is 0 Å². The van der Waals surface area contributed by atoms with Gasteiger partial charge in [-0.25, -0.2) is 0 Å². The minimum atomic E-state index is 0.442. The Balaban J connectivity index is 1.63. The molecule has 0 N–H and O–H groups in total. The molecule has 4 fully saturated rings. The molecule has 0 radical (unpaired) electrons. The third-order valence-electron chi connectivity index (χ3n) is 9.37. The second kappa shape index (κ2) is 5.71. The van der Waals surface area contributed by atoms with E-state index in [1.165, 1.54) is 56.9 Å². The van der Waals surface area contributed by atoms with Crippen LogP contribution in [0.15, 0.2) is 12.2 Å². The van der Waals surface area contributed by atoms with Gasteiger partial charge in [0, 0.05) is 12.8 Å². The van der Waals surface area contributed by atoms with Gasteiger partial charge in [0.15, 0.2) is 0 Å². The van der Waals surface area contributed by atoms with E-state index in [-0.39, 0.29) is 0 Å². The number of rotatable bonds is 1. The van der Waals surface area contributed by atoms with Crippen molar-refractivity contribution in [2.75, 3.05) is 0 Å². The summed E-state index contributed by atoms with van der Waals surface area (Å²) >= 11 is 0. The average Bonchev–Trinajstić information content (AvgIpc) is 2.81. The lowest BCUT2D eigenvalue weighted by Crippen LogP contribution is -2.51. The predicted molar refractivity (Wildman–Crippen MR) is 99.7 cm³/mol. The number of carbonyl (C=O) groups is 1. The largest absolute Gasteiger partial charge is 0.300 e. The van der Waals surface area contributed by atoms with Gasteiger partial charge in [0.25, 0.3) is 0 Å². The van der Waals surface area contributed by atoms with E-state index < -0.39 is 0 Å². The molecule has 0 saturated heterocycles. The molecule has 0 heterocycles. The number of allylic oxidation sites excluding steroid dienone is 1. The van der Waals surface area contributed by atoms with Crippen LogP contribution in [0.4, 0.5) is 0 Å². The molecular formula is C23H36O. The monoisotopic (exact) mass is 328 g/mol. The van der Waals surface area contributed by atoms with Crippen molar-refractivity contribution in [3.63, 3.8) is 0 Å². The highest BCUT2D eigenvalue weighted by Gasteiger charge is 2.59. The van der Waals surface area contributed by atoms with Gasteiger partial charge < -0.3 is 0 Å². The molecule has 0 aromatic carbocycles. The molecule has 4 rings (SSSR count). The van der Waals surface area contributed by atoms with Gasteiger partial charge in [0.1, 0.15) is 5.78 Å². The van der Waals surface area contributed by atoms with Crippen LogP contribution in [0.5, 0.6) is 0 Å². The molecule has 4 aliphatic carbocycles. The molecule has 0 bridgehead atoms. The van der Waals surface area contributed by atoms with E-state index in [4.69, 9.17) is 0 Å². The standard InChI is InChI=1S/C23H36O/c1-15(2)19-9-10-20-18-8-6-16-5-7-17(24)11-13-22(16,3)21(18)12-14-23(19,20)4/h16,18-21H,1,5-14H2,2-4H3/t16-,18+,19-,20+,21+,22+,23-/m1/s1. The van der Waals surface area contributed by atoms with Crippen molar-refractivity contribution in [2.24, 2.45) is 40.4 Å². The van der Waals surface area contributed by atoms with Gasteiger partial charge in [0.05, 0.1) is 0 Å². The van der Waals surface area contributed by atoms with Crippen molar-refractivity contribution in [3.8, 4) is 0 Å². The zero-order valence-electron chi connectivity index (χ0n) is 16.1. The summed E-state index contributed by atoms with van der Waals surface area (Å²) in [4.78, 5) is 12.1. The minimum absolute atomic E-state index is 0.442. The quantitative estimate of drug-likeness (QED) is 0.525. The SMILES string of the molecule is C=C(C)[C@H]1CC[C@H]2[C@@H]3CC[C@H]4CCC(=O)CC[C@]4(C)[C@H]3CC[C@]12C. The maximum Gasteiger partial charge on any atom is 0.132 e. The molecule has 4 aliphatic rings. The van der Waals surface area contributed by atoms with Gasteiger partial charge in [-0.1, -0.05) is 26.0 Å². The summed E-state index contributed by atoms with van der Waals surface area (Å²) in [5.41, 5.74) is 2.38. The normalized spacial score (nSPS) is 51.3. The summed E-state index contributed by atoms with van der Waals surface area (Å²) < 4.78 is 0. The summed E-state index contributed by atoms with van der Waals surface area (Å²) in [6.45, 7) is 11.8. The summed E-state index contributed by atoms with van der Waals surface area (Å²) in [6, 6.07) is 0. The van der Waals surface area contributed by atoms with Crippen LogP contribution in [-0.4, -0.2) is 5.78 Å². The van der Waals surface area contributed by atoms with Crippen LogP contribution in [0.3, 0.4) is 0 Å². The first-order chi connectivity index (χ1) is 11.4. The number of ketones is 1. The number of carbonyl (C=O) groups excluding carboxylic acids is 1. The van der Waals surface area contributed by atoms with Crippen LogP contribution in [-0.2, 0) is 4.79 Å². The van der Waals surface area contributed by atoms with E-state index in [0.717, 1.165) is 42.4 Å². The summed E-state index contributed by atoms with van der Waals surface area (Å²) in [5.74, 6) is 4.81. The fourth-order valence-electron chi connectivity index (χ4n) is 8.08. The average molecular weight is 329 g/mol. The van der Waals surface area contributed by atoms with Gasteiger partial charge in [-0.2, -0.15) is 0 Å². The van der Waals surface area contributed by atoms with Gasteiger partial charge in [-0.15, -0.1) is 0 Å². The van der Waals surface area contributed by atoms with Crippen molar-refractivity contribution in [1.82, 2.24) is 0 Å². The third-order valence-corrected chi connectivity index (χ3v) is 9.37. The molecule has 4 saturated carbocycles. The molecule has 0 spiro atoms. The van der Waals surface area contributed by atoms with Crippen LogP contribution in [0.1, 0.15) is 85.0 Å². The first-order valence-corrected chi connectivity index (χ1v) is 10.5. The number of hydrogen-bond acceptors (Lipinski definition) is 1. The maximum atomic E-state index is 12.1. The molecule has 0 aliphatic heterocycles. The lowest BCUT2D eigenvalue weighted by Gasteiger charge is -2.59. The Morgan fingerprint density at radius 2 is 1.67 bits per heavy atom. The lowest BCUT2D eigenvalue weighted by atomic mass is 9.46. The molecule has 0 aromatic heterocycles. The van der Waals surface area contributed by atoms with Gasteiger partial charge in [-0.3, -0.25) is 4.79 Å². The highest BCUT2D eigenvalue weighted by Crippen LogP contribution is 2.67. The Morgan fingerprint density at radius 1 is 0.917 bits per heavy atom. The molecule has 0 amide bonds. The molecule has 7 atom stereocenters. The van der Waals surface area contributed by atoms with Crippen LogP contribution >= 0.6 is 0 Å². The van der Waals surface area contributed by atoms with Crippen molar-refractivity contribution < 1.29 is 4.79 Å². The zero-order valence-corrected chi connectivity index (χ0v) is 16.1. The Bertz CT molecular complexity index is 548. The molecule has 24 heavy (non-hydrogen) atoms. The van der Waals surface area contributed by atoms with Gasteiger partial charge >= 0.3 is 0 Å². The molecule has 0 unspecified atom stereocenters. The first kappa shape index (κ1) is 16.9. The second-order valence-electron chi connectivity index (χ2n) is 10.3. The lowest BCUT2D eigenvalue weighted by molar-refractivity contribution is -0.119. The highest BCUT2D eigenvalue weighted by atomic mass is 16.1. The Hall–Kier alpha value is -0.590. The van der Waals surface area contributed by atoms with Gasteiger partial charge in [-0.05, 0) is 98.7 Å². The van der Waals surface area contributed by atoms with Crippen LogP contribution < -0.4 is 0 Å². The minimum Gasteiger partial charge on any atom is -0.300 e. The number of Topliss-reactive ketones (excluding diaryl/α,β-unsaturated/α-hetero) is 1. The molecule has 1 heteroatoms. The van der Waals surface area contributed by atoms with Crippen LogP contribution in [0.25, 0.3) is 0 Å². The van der Waals surface area contributed by atoms with Gasteiger partial charge in [0.2, 0.25) is 0 Å².